The van der Waals surface area contributed by atoms with Crippen molar-refractivity contribution in [1.82, 2.24) is 19.3 Å². The number of likely N-dealkylation sites (tertiary alicyclic amines) is 1. The Hall–Kier alpha value is -1.46. The Labute approximate surface area is 126 Å². The molecule has 2 aromatic rings. The maximum absolute atomic E-state index is 6.06. The summed E-state index contributed by atoms with van der Waals surface area (Å²) >= 11 is 0. The first-order chi connectivity index (χ1) is 10.0. The lowest BCUT2D eigenvalue weighted by molar-refractivity contribution is 0.153. The molecule has 0 aromatic carbocycles. The first kappa shape index (κ1) is 14.5. The predicted octanol–water partition coefficient (Wildman–Crippen LogP) is 1.91. The maximum atomic E-state index is 6.06. The van der Waals surface area contributed by atoms with Crippen LogP contribution in [-0.4, -0.2) is 38.4 Å². The average molecular weight is 287 g/mol. The molecule has 1 aliphatic rings. The lowest BCUT2D eigenvalue weighted by Crippen LogP contribution is -2.41. The number of aromatic nitrogens is 3. The van der Waals surface area contributed by atoms with Crippen molar-refractivity contribution in [2.75, 3.05) is 13.1 Å². The van der Waals surface area contributed by atoms with Crippen LogP contribution in [0.4, 0.5) is 0 Å². The summed E-state index contributed by atoms with van der Waals surface area (Å²) < 4.78 is 2.08. The minimum absolute atomic E-state index is 0.278. The van der Waals surface area contributed by atoms with Crippen LogP contribution in [0.5, 0.6) is 0 Å². The second-order valence-electron chi connectivity index (χ2n) is 6.44. The number of rotatable bonds is 3. The highest BCUT2D eigenvalue weighted by Crippen LogP contribution is 2.20. The number of hydrogen-bond donors (Lipinski definition) is 1. The molecule has 2 atom stereocenters. The molecule has 2 unspecified atom stereocenters. The van der Waals surface area contributed by atoms with Crippen molar-refractivity contribution in [3.8, 4) is 0 Å². The fourth-order valence-corrected chi connectivity index (χ4v) is 3.29. The monoisotopic (exact) mass is 287 g/mol. The summed E-state index contributed by atoms with van der Waals surface area (Å²) in [5, 5.41) is 0. The molecule has 0 bridgehead atoms. The van der Waals surface area contributed by atoms with E-state index in [0.717, 1.165) is 36.8 Å². The molecule has 5 nitrogen and oxygen atoms in total. The van der Waals surface area contributed by atoms with Gasteiger partial charge in [-0.25, -0.2) is 9.97 Å². The van der Waals surface area contributed by atoms with E-state index < -0.39 is 0 Å². The van der Waals surface area contributed by atoms with Gasteiger partial charge in [0.1, 0.15) is 0 Å². The van der Waals surface area contributed by atoms with E-state index in [4.69, 9.17) is 5.73 Å². The topological polar surface area (TPSA) is 59.5 Å². The normalized spacial score (nSPS) is 21.8. The van der Waals surface area contributed by atoms with Crippen LogP contribution in [0.25, 0.3) is 5.78 Å². The minimum Gasteiger partial charge on any atom is -0.328 e. The van der Waals surface area contributed by atoms with Gasteiger partial charge in [-0.15, -0.1) is 0 Å². The predicted molar refractivity (Wildman–Crippen MR) is 84.1 cm³/mol. The van der Waals surface area contributed by atoms with E-state index in [-0.39, 0.29) is 6.04 Å². The largest absolute Gasteiger partial charge is 0.328 e. The van der Waals surface area contributed by atoms with Gasteiger partial charge < -0.3 is 5.73 Å². The Balaban J connectivity index is 1.77. The lowest BCUT2D eigenvalue weighted by Gasteiger charge is -2.34. The summed E-state index contributed by atoms with van der Waals surface area (Å²) in [6.45, 7) is 9.35. The second kappa shape index (κ2) is 5.73. The molecular weight excluding hydrogens is 262 g/mol. The van der Waals surface area contributed by atoms with Gasteiger partial charge in [0.25, 0.3) is 0 Å². The standard InChI is InChI=1S/C16H25N5/c1-11-7-12(2)21-10-15(19-16(21)18-11)9-20-6-4-5-14(8-20)13(3)17/h7,10,13-14H,4-6,8-9,17H2,1-3H3. The van der Waals surface area contributed by atoms with E-state index in [9.17, 15) is 0 Å². The van der Waals surface area contributed by atoms with Gasteiger partial charge in [0.15, 0.2) is 0 Å². The van der Waals surface area contributed by atoms with Gasteiger partial charge in [-0.2, -0.15) is 0 Å². The third-order valence-electron chi connectivity index (χ3n) is 4.48. The van der Waals surface area contributed by atoms with Crippen LogP contribution in [-0.2, 0) is 6.54 Å². The van der Waals surface area contributed by atoms with Crippen molar-refractivity contribution in [3.63, 3.8) is 0 Å². The van der Waals surface area contributed by atoms with Crippen molar-refractivity contribution < 1.29 is 0 Å². The molecule has 2 N–H and O–H groups in total. The van der Waals surface area contributed by atoms with Crippen LogP contribution in [0.3, 0.4) is 0 Å². The van der Waals surface area contributed by atoms with Crippen molar-refractivity contribution in [1.29, 1.82) is 0 Å². The number of hydrogen-bond acceptors (Lipinski definition) is 4. The zero-order valence-corrected chi connectivity index (χ0v) is 13.2. The maximum Gasteiger partial charge on any atom is 0.234 e. The first-order valence-corrected chi connectivity index (χ1v) is 7.83. The fourth-order valence-electron chi connectivity index (χ4n) is 3.29. The Morgan fingerprint density at radius 2 is 2.19 bits per heavy atom. The molecule has 21 heavy (non-hydrogen) atoms. The Morgan fingerprint density at radius 1 is 1.38 bits per heavy atom. The quantitative estimate of drug-likeness (QED) is 0.937. The zero-order valence-electron chi connectivity index (χ0n) is 13.2. The molecule has 0 radical (unpaired) electrons. The van der Waals surface area contributed by atoms with Gasteiger partial charge in [0, 0.05) is 36.7 Å². The highest BCUT2D eigenvalue weighted by atomic mass is 15.2. The van der Waals surface area contributed by atoms with E-state index in [1.165, 1.54) is 18.5 Å². The van der Waals surface area contributed by atoms with Crippen LogP contribution in [0.2, 0.25) is 0 Å². The highest BCUT2D eigenvalue weighted by molar-refractivity contribution is 5.34. The van der Waals surface area contributed by atoms with Crippen LogP contribution in [0.1, 0.15) is 36.8 Å². The molecule has 1 aliphatic heterocycles. The molecule has 2 aromatic heterocycles. The van der Waals surface area contributed by atoms with Crippen molar-refractivity contribution in [3.05, 3.63) is 29.3 Å². The summed E-state index contributed by atoms with van der Waals surface area (Å²) in [4.78, 5) is 11.7. The molecule has 5 heteroatoms. The Bertz CT molecular complexity index is 631. The number of piperidine rings is 1. The number of imidazole rings is 1. The molecular formula is C16H25N5. The van der Waals surface area contributed by atoms with Crippen LogP contribution in [0, 0.1) is 19.8 Å². The number of fused-ring (bicyclic) bond motifs is 1. The van der Waals surface area contributed by atoms with E-state index in [0.29, 0.717) is 5.92 Å². The summed E-state index contributed by atoms with van der Waals surface area (Å²) in [5.74, 6) is 1.42. The molecule has 114 valence electrons. The van der Waals surface area contributed by atoms with E-state index in [2.05, 4.69) is 45.4 Å². The summed E-state index contributed by atoms with van der Waals surface area (Å²) in [6.07, 6.45) is 4.60. The summed E-state index contributed by atoms with van der Waals surface area (Å²) in [7, 11) is 0. The second-order valence-corrected chi connectivity index (χ2v) is 6.44. The average Bonchev–Trinajstić information content (AvgIpc) is 2.81. The van der Waals surface area contributed by atoms with Crippen LogP contribution < -0.4 is 5.73 Å². The molecule has 0 spiro atoms. The van der Waals surface area contributed by atoms with Gasteiger partial charge in [0.05, 0.1) is 5.69 Å². The van der Waals surface area contributed by atoms with Gasteiger partial charge in [-0.3, -0.25) is 9.30 Å². The Kier molecular flexibility index (Phi) is 3.95. The van der Waals surface area contributed by atoms with Crippen molar-refractivity contribution >= 4 is 5.78 Å². The molecule has 3 heterocycles. The molecule has 0 aliphatic carbocycles. The SMILES string of the molecule is Cc1cc(C)n2cc(CN3CCCC(C(C)N)C3)nc2n1. The van der Waals surface area contributed by atoms with E-state index in [1.807, 2.05) is 6.92 Å². The zero-order chi connectivity index (χ0) is 15.0. The fraction of sp³-hybridized carbons (Fsp3) is 0.625. The molecule has 0 saturated carbocycles. The minimum atomic E-state index is 0.278. The van der Waals surface area contributed by atoms with Crippen LogP contribution >= 0.6 is 0 Å². The van der Waals surface area contributed by atoms with Gasteiger partial charge >= 0.3 is 0 Å². The number of aryl methyl sites for hydroxylation is 2. The molecule has 3 rings (SSSR count). The van der Waals surface area contributed by atoms with Gasteiger partial charge in [-0.1, -0.05) is 0 Å². The van der Waals surface area contributed by atoms with E-state index >= 15 is 0 Å². The summed E-state index contributed by atoms with van der Waals surface area (Å²) in [5.41, 5.74) is 9.37. The van der Waals surface area contributed by atoms with Crippen molar-refractivity contribution in [2.24, 2.45) is 11.7 Å². The molecule has 0 amide bonds. The van der Waals surface area contributed by atoms with Crippen molar-refractivity contribution in [2.45, 2.75) is 46.2 Å². The smallest absolute Gasteiger partial charge is 0.234 e. The van der Waals surface area contributed by atoms with Gasteiger partial charge in [-0.05, 0) is 52.1 Å². The first-order valence-electron chi connectivity index (χ1n) is 7.83. The number of nitrogens with zero attached hydrogens (tertiary/aromatic N) is 4. The summed E-state index contributed by atoms with van der Waals surface area (Å²) in [6, 6.07) is 2.37. The third kappa shape index (κ3) is 3.09. The van der Waals surface area contributed by atoms with Gasteiger partial charge in [0.2, 0.25) is 5.78 Å². The lowest BCUT2D eigenvalue weighted by atomic mass is 9.92. The number of nitrogens with two attached hydrogens (primary N) is 1. The Morgan fingerprint density at radius 3 is 2.95 bits per heavy atom. The highest BCUT2D eigenvalue weighted by Gasteiger charge is 2.23. The molecule has 1 fully saturated rings. The van der Waals surface area contributed by atoms with Crippen LogP contribution in [0.15, 0.2) is 12.3 Å². The third-order valence-corrected chi connectivity index (χ3v) is 4.48. The van der Waals surface area contributed by atoms with E-state index in [1.54, 1.807) is 0 Å². The molecule has 1 saturated heterocycles.